The molecule has 2 rings (SSSR count). The molecule has 0 amide bonds. The predicted molar refractivity (Wildman–Crippen MR) is 95.3 cm³/mol. The van der Waals surface area contributed by atoms with Gasteiger partial charge in [0.15, 0.2) is 5.78 Å². The number of rotatable bonds is 8. The number of carbonyl (C=O) groups excluding carboxylic acids is 3. The SMILES string of the molecule is Cc1ccc(C(=O)CCCC(=O)C(=O)OCc2ccccc2)cc1C. The molecule has 0 bridgehead atoms. The van der Waals surface area contributed by atoms with Crippen molar-refractivity contribution in [3.05, 3.63) is 70.8 Å². The quantitative estimate of drug-likeness (QED) is 0.415. The van der Waals surface area contributed by atoms with Gasteiger partial charge in [-0.1, -0.05) is 42.5 Å². The van der Waals surface area contributed by atoms with Crippen LogP contribution in [-0.4, -0.2) is 17.5 Å². The van der Waals surface area contributed by atoms with E-state index in [0.717, 1.165) is 16.7 Å². The average Bonchev–Trinajstić information content (AvgIpc) is 2.62. The molecule has 2 aromatic rings. The summed E-state index contributed by atoms with van der Waals surface area (Å²) in [5, 5.41) is 0. The highest BCUT2D eigenvalue weighted by Gasteiger charge is 2.16. The number of hydrogen-bond acceptors (Lipinski definition) is 4. The van der Waals surface area contributed by atoms with E-state index < -0.39 is 11.8 Å². The largest absolute Gasteiger partial charge is 0.455 e. The van der Waals surface area contributed by atoms with Crippen LogP contribution in [0.5, 0.6) is 0 Å². The lowest BCUT2D eigenvalue weighted by atomic mass is 10.0. The van der Waals surface area contributed by atoms with Gasteiger partial charge in [0.25, 0.3) is 0 Å². The molecule has 25 heavy (non-hydrogen) atoms. The molecule has 0 atom stereocenters. The van der Waals surface area contributed by atoms with Crippen molar-refractivity contribution in [2.45, 2.75) is 39.7 Å². The second-order valence-electron chi connectivity index (χ2n) is 6.06. The third-order valence-corrected chi connectivity index (χ3v) is 4.08. The van der Waals surface area contributed by atoms with Crippen LogP contribution >= 0.6 is 0 Å². The third kappa shape index (κ3) is 5.68. The van der Waals surface area contributed by atoms with Gasteiger partial charge >= 0.3 is 5.97 Å². The summed E-state index contributed by atoms with van der Waals surface area (Å²) < 4.78 is 4.99. The predicted octanol–water partition coefficient (Wildman–Crippen LogP) is 3.97. The van der Waals surface area contributed by atoms with Crippen molar-refractivity contribution >= 4 is 17.5 Å². The molecule has 130 valence electrons. The van der Waals surface area contributed by atoms with E-state index in [-0.39, 0.29) is 25.2 Å². The smallest absolute Gasteiger partial charge is 0.374 e. The molecule has 4 nitrogen and oxygen atoms in total. The summed E-state index contributed by atoms with van der Waals surface area (Å²) in [5.74, 6) is -1.46. The zero-order chi connectivity index (χ0) is 18.2. The average molecular weight is 338 g/mol. The third-order valence-electron chi connectivity index (χ3n) is 4.08. The van der Waals surface area contributed by atoms with Crippen LogP contribution < -0.4 is 0 Å². The van der Waals surface area contributed by atoms with Gasteiger partial charge in [-0.3, -0.25) is 9.59 Å². The number of carbonyl (C=O) groups is 3. The molecule has 0 aliphatic heterocycles. The molecule has 0 aromatic heterocycles. The van der Waals surface area contributed by atoms with E-state index in [1.165, 1.54) is 0 Å². The Balaban J connectivity index is 1.74. The van der Waals surface area contributed by atoms with Crippen molar-refractivity contribution in [1.82, 2.24) is 0 Å². The van der Waals surface area contributed by atoms with Crippen molar-refractivity contribution in [1.29, 1.82) is 0 Å². The van der Waals surface area contributed by atoms with Gasteiger partial charge in [-0.15, -0.1) is 0 Å². The minimum absolute atomic E-state index is 0.0181. The lowest BCUT2D eigenvalue weighted by molar-refractivity contribution is -0.154. The lowest BCUT2D eigenvalue weighted by Crippen LogP contribution is -2.17. The maximum Gasteiger partial charge on any atom is 0.374 e. The molecule has 0 N–H and O–H groups in total. The van der Waals surface area contributed by atoms with Crippen LogP contribution in [0, 0.1) is 13.8 Å². The normalized spacial score (nSPS) is 10.3. The first-order valence-corrected chi connectivity index (χ1v) is 8.31. The first-order chi connectivity index (χ1) is 12.0. The van der Waals surface area contributed by atoms with Gasteiger partial charge in [0.05, 0.1) is 0 Å². The molecular weight excluding hydrogens is 316 g/mol. The molecule has 0 heterocycles. The van der Waals surface area contributed by atoms with E-state index in [9.17, 15) is 14.4 Å². The Morgan fingerprint density at radius 2 is 1.60 bits per heavy atom. The molecule has 0 saturated carbocycles. The van der Waals surface area contributed by atoms with E-state index in [1.54, 1.807) is 6.07 Å². The first kappa shape index (κ1) is 18.6. The Bertz CT molecular complexity index is 763. The zero-order valence-electron chi connectivity index (χ0n) is 14.6. The minimum Gasteiger partial charge on any atom is -0.455 e. The van der Waals surface area contributed by atoms with Crippen LogP contribution in [0.2, 0.25) is 0 Å². The number of ketones is 2. The van der Waals surface area contributed by atoms with E-state index >= 15 is 0 Å². The maximum atomic E-state index is 12.1. The van der Waals surface area contributed by atoms with Crippen LogP contribution in [0.1, 0.15) is 46.3 Å². The fraction of sp³-hybridized carbons (Fsp3) is 0.286. The second kappa shape index (κ2) is 8.92. The molecule has 0 radical (unpaired) electrons. The molecule has 0 fully saturated rings. The number of benzene rings is 2. The monoisotopic (exact) mass is 338 g/mol. The molecule has 0 aliphatic carbocycles. The fourth-order valence-corrected chi connectivity index (χ4v) is 2.37. The standard InChI is InChI=1S/C21H22O4/c1-15-11-12-18(13-16(15)2)19(22)9-6-10-20(23)21(24)25-14-17-7-4-3-5-8-17/h3-5,7-8,11-13H,6,9-10,14H2,1-2H3. The Morgan fingerprint density at radius 1 is 0.880 bits per heavy atom. The Labute approximate surface area is 147 Å². The van der Waals surface area contributed by atoms with Gasteiger partial charge in [-0.25, -0.2) is 4.79 Å². The number of hydrogen-bond donors (Lipinski definition) is 0. The summed E-state index contributed by atoms with van der Waals surface area (Å²) in [6.07, 6.45) is 0.593. The van der Waals surface area contributed by atoms with E-state index in [1.807, 2.05) is 56.3 Å². The van der Waals surface area contributed by atoms with Crippen LogP contribution in [0.3, 0.4) is 0 Å². The fourth-order valence-electron chi connectivity index (χ4n) is 2.37. The lowest BCUT2D eigenvalue weighted by Gasteiger charge is -2.05. The number of ether oxygens (including phenoxy) is 1. The molecular formula is C21H22O4. The molecule has 4 heteroatoms. The first-order valence-electron chi connectivity index (χ1n) is 8.31. The van der Waals surface area contributed by atoms with Gasteiger partial charge in [-0.2, -0.15) is 0 Å². The van der Waals surface area contributed by atoms with E-state index in [4.69, 9.17) is 4.74 Å². The van der Waals surface area contributed by atoms with Crippen molar-refractivity contribution in [3.63, 3.8) is 0 Å². The summed E-state index contributed by atoms with van der Waals surface area (Å²) in [6, 6.07) is 14.7. The Hall–Kier alpha value is -2.75. The summed E-state index contributed by atoms with van der Waals surface area (Å²) in [7, 11) is 0. The summed E-state index contributed by atoms with van der Waals surface area (Å²) in [4.78, 5) is 35.6. The maximum absolute atomic E-state index is 12.1. The van der Waals surface area contributed by atoms with Gasteiger partial charge in [0, 0.05) is 18.4 Å². The summed E-state index contributed by atoms with van der Waals surface area (Å²) in [5.41, 5.74) is 3.66. The van der Waals surface area contributed by atoms with Gasteiger partial charge in [0.1, 0.15) is 6.61 Å². The number of Topliss-reactive ketones (excluding diaryl/α,β-unsaturated/α-hetero) is 2. The molecule has 2 aromatic carbocycles. The highest BCUT2D eigenvalue weighted by Crippen LogP contribution is 2.13. The molecule has 0 unspecified atom stereocenters. The molecule has 0 saturated heterocycles. The van der Waals surface area contributed by atoms with Crippen molar-refractivity contribution < 1.29 is 19.1 Å². The van der Waals surface area contributed by atoms with Gasteiger partial charge in [-0.05, 0) is 43.0 Å². The highest BCUT2D eigenvalue weighted by molar-refractivity contribution is 6.33. The van der Waals surface area contributed by atoms with Crippen LogP contribution in [-0.2, 0) is 20.9 Å². The van der Waals surface area contributed by atoms with Crippen molar-refractivity contribution in [2.24, 2.45) is 0 Å². The second-order valence-corrected chi connectivity index (χ2v) is 6.06. The van der Waals surface area contributed by atoms with E-state index in [2.05, 4.69) is 0 Å². The van der Waals surface area contributed by atoms with Crippen molar-refractivity contribution in [3.8, 4) is 0 Å². The van der Waals surface area contributed by atoms with Crippen LogP contribution in [0.4, 0.5) is 0 Å². The van der Waals surface area contributed by atoms with Crippen LogP contribution in [0.15, 0.2) is 48.5 Å². The summed E-state index contributed by atoms with van der Waals surface area (Å²) >= 11 is 0. The summed E-state index contributed by atoms with van der Waals surface area (Å²) in [6.45, 7) is 4.02. The number of aryl methyl sites for hydroxylation is 2. The van der Waals surface area contributed by atoms with Gasteiger partial charge in [0.2, 0.25) is 5.78 Å². The number of esters is 1. The topological polar surface area (TPSA) is 60.4 Å². The minimum atomic E-state index is -0.845. The Kier molecular flexibility index (Phi) is 6.63. The Morgan fingerprint density at radius 3 is 2.28 bits per heavy atom. The zero-order valence-corrected chi connectivity index (χ0v) is 14.6. The van der Waals surface area contributed by atoms with Gasteiger partial charge < -0.3 is 4.74 Å². The molecule has 0 aliphatic rings. The van der Waals surface area contributed by atoms with Crippen LogP contribution in [0.25, 0.3) is 0 Å². The molecule has 0 spiro atoms. The van der Waals surface area contributed by atoms with E-state index in [0.29, 0.717) is 12.0 Å². The highest BCUT2D eigenvalue weighted by atomic mass is 16.5. The van der Waals surface area contributed by atoms with Crippen molar-refractivity contribution in [2.75, 3.05) is 0 Å².